The summed E-state index contributed by atoms with van der Waals surface area (Å²) < 4.78 is 0. The monoisotopic (exact) mass is 473 g/mol. The third-order valence-corrected chi connectivity index (χ3v) is 7.21. The van der Waals surface area contributed by atoms with Gasteiger partial charge in [0.15, 0.2) is 34.7 Å². The van der Waals surface area contributed by atoms with Crippen LogP contribution in [0.1, 0.15) is 39.1 Å². The molecule has 6 N–H and O–H groups in total. The number of primary amides is 1. The lowest BCUT2D eigenvalue weighted by Crippen LogP contribution is -2.68. The molecule has 0 aliphatic heterocycles. The first-order valence-electron chi connectivity index (χ1n) is 10.5. The van der Waals surface area contributed by atoms with E-state index in [1.54, 1.807) is 19.0 Å². The zero-order chi connectivity index (χ0) is 25.3. The normalized spacial score (nSPS) is 30.2. The van der Waals surface area contributed by atoms with Crippen LogP contribution in [0.3, 0.4) is 0 Å². The van der Waals surface area contributed by atoms with E-state index in [4.69, 9.17) is 10.9 Å². The molecule has 34 heavy (non-hydrogen) atoms. The average molecular weight is 473 g/mol. The second-order valence-electron chi connectivity index (χ2n) is 9.22. The number of carbonyl (C=O) groups is 6. The second-order valence-corrected chi connectivity index (χ2v) is 9.22. The Morgan fingerprint density at radius 1 is 1.15 bits per heavy atom. The van der Waals surface area contributed by atoms with Crippen molar-refractivity contribution in [1.82, 2.24) is 5.48 Å². The number of fused-ring (bicyclic) bond motifs is 3. The van der Waals surface area contributed by atoms with Crippen molar-refractivity contribution in [3.8, 4) is 5.75 Å². The van der Waals surface area contributed by atoms with Crippen LogP contribution in [0.5, 0.6) is 5.75 Å². The Morgan fingerprint density at radius 2 is 1.79 bits per heavy atom. The molecule has 0 bridgehead atoms. The van der Waals surface area contributed by atoms with E-state index in [2.05, 4.69) is 0 Å². The summed E-state index contributed by atoms with van der Waals surface area (Å²) in [4.78, 5) is 77.7. The highest BCUT2D eigenvalue weighted by Crippen LogP contribution is 2.51. The number of rotatable bonds is 3. The minimum atomic E-state index is -2.75. The molecule has 4 rings (SSSR count). The summed E-state index contributed by atoms with van der Waals surface area (Å²) in [6, 6.07) is 1.29. The van der Waals surface area contributed by atoms with Crippen molar-refractivity contribution in [2.24, 2.45) is 29.4 Å². The predicted octanol–water partition coefficient (Wildman–Crippen LogP) is -1.49. The molecule has 2 unspecified atom stereocenters. The predicted molar refractivity (Wildman–Crippen MR) is 112 cm³/mol. The van der Waals surface area contributed by atoms with Gasteiger partial charge < -0.3 is 20.8 Å². The number of nitrogens with two attached hydrogens (primary N) is 1. The van der Waals surface area contributed by atoms with Gasteiger partial charge in [0.1, 0.15) is 5.75 Å². The number of aromatic hydroxyl groups is 1. The van der Waals surface area contributed by atoms with Gasteiger partial charge in [-0.2, -0.15) is 0 Å². The van der Waals surface area contributed by atoms with E-state index in [9.17, 15) is 39.0 Å². The molecule has 3 aliphatic carbocycles. The van der Waals surface area contributed by atoms with E-state index >= 15 is 0 Å². The maximum Gasteiger partial charge on any atom is 0.278 e. The largest absolute Gasteiger partial charge is 0.506 e. The number of amides is 2. The van der Waals surface area contributed by atoms with Crippen LogP contribution in [0, 0.1) is 23.7 Å². The SMILES string of the molecule is CN(C)c1cc(C(=O)NO)c(O)c2c1C[C@H]1C[C@H]3CC(=O)C(C(N)=O)C(=O)[C@@]3(O)C(=O)C1C2=O. The molecule has 1 aromatic carbocycles. The number of hydrogen-bond donors (Lipinski definition) is 5. The standard InChI is InChI=1S/C22H23N3O9/c1-25(2)11-6-10(21(32)24-34)16(27)14-9(11)4-7-3-8-5-12(26)15(20(23)31)19(30)22(8,33)18(29)13(7)17(14)28/h6-8,13,15,27,33-34H,3-5H2,1-2H3,(H2,23,31)(H,24,32)/t7-,8+,13?,15?,22+/m1/s1. The minimum Gasteiger partial charge on any atom is -0.506 e. The zero-order valence-electron chi connectivity index (χ0n) is 18.3. The summed E-state index contributed by atoms with van der Waals surface area (Å²) in [5, 5.41) is 30.9. The lowest BCUT2D eigenvalue weighted by Gasteiger charge is -2.48. The number of Topliss-reactive ketones (excluding diaryl/α,β-unsaturated/α-hetero) is 4. The number of benzene rings is 1. The van der Waals surface area contributed by atoms with Gasteiger partial charge in [-0.25, -0.2) is 5.48 Å². The summed E-state index contributed by atoms with van der Waals surface area (Å²) >= 11 is 0. The molecule has 0 radical (unpaired) electrons. The fourth-order valence-corrected chi connectivity index (χ4v) is 5.65. The molecule has 12 heteroatoms. The number of carbonyl (C=O) groups excluding carboxylic acids is 6. The maximum atomic E-state index is 13.5. The van der Waals surface area contributed by atoms with Crippen molar-refractivity contribution in [2.75, 3.05) is 19.0 Å². The molecule has 180 valence electrons. The fraction of sp³-hybridized carbons (Fsp3) is 0.455. The Bertz CT molecular complexity index is 1190. The molecule has 12 nitrogen and oxygen atoms in total. The maximum absolute atomic E-state index is 13.5. The van der Waals surface area contributed by atoms with Crippen LogP contribution in [-0.2, 0) is 25.6 Å². The number of nitrogens with zero attached hydrogens (tertiary/aromatic N) is 1. The number of ketones is 4. The Kier molecular flexibility index (Phi) is 5.33. The first-order chi connectivity index (χ1) is 15.9. The highest BCUT2D eigenvalue weighted by atomic mass is 16.5. The molecule has 2 saturated carbocycles. The summed E-state index contributed by atoms with van der Waals surface area (Å²) in [6.07, 6.45) is -0.380. The van der Waals surface area contributed by atoms with E-state index in [1.807, 2.05) is 0 Å². The van der Waals surface area contributed by atoms with Crippen LogP contribution in [-0.4, -0.2) is 70.1 Å². The summed E-state index contributed by atoms with van der Waals surface area (Å²) in [5.41, 5.74) is 3.79. The smallest absolute Gasteiger partial charge is 0.278 e. The highest BCUT2D eigenvalue weighted by Gasteiger charge is 2.66. The molecule has 0 spiro atoms. The van der Waals surface area contributed by atoms with Crippen molar-refractivity contribution >= 4 is 40.6 Å². The van der Waals surface area contributed by atoms with E-state index in [1.165, 1.54) is 11.5 Å². The van der Waals surface area contributed by atoms with E-state index in [-0.39, 0.29) is 18.4 Å². The Labute approximate surface area is 192 Å². The van der Waals surface area contributed by atoms with E-state index in [0.29, 0.717) is 11.3 Å². The van der Waals surface area contributed by atoms with E-state index in [0.717, 1.165) is 0 Å². The van der Waals surface area contributed by atoms with Gasteiger partial charge in [0.05, 0.1) is 17.0 Å². The quantitative estimate of drug-likeness (QED) is 0.195. The Morgan fingerprint density at radius 3 is 2.35 bits per heavy atom. The fourth-order valence-electron chi connectivity index (χ4n) is 5.65. The van der Waals surface area contributed by atoms with Gasteiger partial charge in [-0.05, 0) is 30.4 Å². The number of hydroxylamine groups is 1. The summed E-state index contributed by atoms with van der Waals surface area (Å²) in [5.74, 6) is -12.7. The molecule has 1 aromatic rings. The number of phenols is 1. The van der Waals surface area contributed by atoms with Gasteiger partial charge in [-0.1, -0.05) is 0 Å². The van der Waals surface area contributed by atoms with Crippen molar-refractivity contribution in [3.63, 3.8) is 0 Å². The van der Waals surface area contributed by atoms with Crippen LogP contribution < -0.4 is 16.1 Å². The number of anilines is 1. The number of hydrogen-bond acceptors (Lipinski definition) is 10. The number of aliphatic hydroxyl groups is 1. The lowest BCUT2D eigenvalue weighted by atomic mass is 9.53. The lowest BCUT2D eigenvalue weighted by molar-refractivity contribution is -0.175. The third kappa shape index (κ3) is 2.98. The topological polar surface area (TPSA) is 204 Å². The number of nitrogens with one attached hydrogen (secondary N) is 1. The van der Waals surface area contributed by atoms with Gasteiger partial charge in [0.25, 0.3) is 5.91 Å². The summed E-state index contributed by atoms with van der Waals surface area (Å²) in [7, 11) is 3.27. The second kappa shape index (κ2) is 7.71. The van der Waals surface area contributed by atoms with Crippen LogP contribution in [0.25, 0.3) is 0 Å². The molecule has 3 aliphatic rings. The molecular weight excluding hydrogens is 450 g/mol. The first kappa shape index (κ1) is 23.5. The van der Waals surface area contributed by atoms with Gasteiger partial charge in [0.2, 0.25) is 5.91 Å². The molecule has 2 amide bonds. The van der Waals surface area contributed by atoms with Crippen LogP contribution in [0.2, 0.25) is 0 Å². The Hall–Kier alpha value is -3.64. The van der Waals surface area contributed by atoms with Gasteiger partial charge in [-0.3, -0.25) is 34.0 Å². The molecule has 0 aromatic heterocycles. The summed E-state index contributed by atoms with van der Waals surface area (Å²) in [6.45, 7) is 0. The van der Waals surface area contributed by atoms with Gasteiger partial charge >= 0.3 is 0 Å². The van der Waals surface area contributed by atoms with Crippen molar-refractivity contribution in [1.29, 1.82) is 0 Å². The molecule has 5 atom stereocenters. The van der Waals surface area contributed by atoms with Crippen molar-refractivity contribution in [2.45, 2.75) is 24.9 Å². The third-order valence-electron chi connectivity index (χ3n) is 7.21. The van der Waals surface area contributed by atoms with Gasteiger partial charge in [-0.15, -0.1) is 0 Å². The number of phenolic OH excluding ortho intramolecular Hbond substituents is 1. The molecular formula is C22H23N3O9. The van der Waals surface area contributed by atoms with Crippen LogP contribution in [0.4, 0.5) is 5.69 Å². The molecule has 0 saturated heterocycles. The Balaban J connectivity index is 1.87. The molecule has 0 heterocycles. The average Bonchev–Trinajstić information content (AvgIpc) is 2.75. The minimum absolute atomic E-state index is 0.0342. The first-order valence-corrected chi connectivity index (χ1v) is 10.5. The van der Waals surface area contributed by atoms with Crippen molar-refractivity contribution < 1.29 is 44.2 Å². The molecule has 2 fully saturated rings. The van der Waals surface area contributed by atoms with Crippen LogP contribution >= 0.6 is 0 Å². The van der Waals surface area contributed by atoms with Gasteiger partial charge in [0, 0.05) is 32.1 Å². The van der Waals surface area contributed by atoms with Crippen LogP contribution in [0.15, 0.2) is 6.07 Å². The highest BCUT2D eigenvalue weighted by molar-refractivity contribution is 6.31. The van der Waals surface area contributed by atoms with E-state index < -0.39 is 82.0 Å². The van der Waals surface area contributed by atoms with Crippen molar-refractivity contribution in [3.05, 3.63) is 22.8 Å². The zero-order valence-corrected chi connectivity index (χ0v) is 18.3.